The van der Waals surface area contributed by atoms with Crippen LogP contribution in [0.15, 0.2) is 0 Å². The predicted molar refractivity (Wildman–Crippen MR) is 53.4 cm³/mol. The first-order valence-corrected chi connectivity index (χ1v) is 7.14. The summed E-state index contributed by atoms with van der Waals surface area (Å²) >= 11 is 0. The van der Waals surface area contributed by atoms with Crippen LogP contribution in [-0.4, -0.2) is 30.9 Å². The van der Waals surface area contributed by atoms with Crippen LogP contribution in [0.1, 0.15) is 25.7 Å². The molecule has 1 fully saturated rings. The monoisotopic (exact) mass is 206 g/mol. The summed E-state index contributed by atoms with van der Waals surface area (Å²) in [5.41, 5.74) is 0. The Balaban J connectivity index is 2.50. The molecule has 0 heterocycles. The summed E-state index contributed by atoms with van der Waals surface area (Å²) in [6.07, 6.45) is 5.07. The molecule has 0 spiro atoms. The van der Waals surface area contributed by atoms with E-state index >= 15 is 0 Å². The van der Waals surface area contributed by atoms with E-state index in [1.165, 1.54) is 19.5 Å². The third kappa shape index (κ3) is 3.80. The molecule has 13 heavy (non-hydrogen) atoms. The van der Waals surface area contributed by atoms with E-state index in [0.717, 1.165) is 12.8 Å². The molecular weight excluding hydrogens is 187 g/mol. The summed E-state index contributed by atoms with van der Waals surface area (Å²) in [5.74, 6) is 0.291. The van der Waals surface area contributed by atoms with E-state index in [4.69, 9.17) is 4.74 Å². The minimum Gasteiger partial charge on any atom is -0.381 e. The maximum absolute atomic E-state index is 11.2. The highest BCUT2D eigenvalue weighted by Crippen LogP contribution is 2.42. The van der Waals surface area contributed by atoms with Crippen LogP contribution in [0.5, 0.6) is 0 Å². The predicted octanol–water partition coefficient (Wildman–Crippen LogP) is 2.09. The third-order valence-electron chi connectivity index (χ3n) is 2.72. The Morgan fingerprint density at radius 3 is 2.62 bits per heavy atom. The van der Waals surface area contributed by atoms with Gasteiger partial charge in [-0.05, 0) is 18.8 Å². The van der Waals surface area contributed by atoms with Crippen LogP contribution in [0.25, 0.3) is 0 Å². The van der Waals surface area contributed by atoms with Gasteiger partial charge in [-0.1, -0.05) is 12.8 Å². The summed E-state index contributed by atoms with van der Waals surface area (Å²) in [6, 6.07) is 0. The Hall–Kier alpha value is 0.150. The maximum atomic E-state index is 11.2. The Bertz CT molecular complexity index is 199. The van der Waals surface area contributed by atoms with Gasteiger partial charge < -0.3 is 9.63 Å². The number of hydrogen-bond donors (Lipinski definition) is 1. The lowest BCUT2D eigenvalue weighted by Gasteiger charge is -2.30. The Kier molecular flexibility index (Phi) is 3.96. The summed E-state index contributed by atoms with van der Waals surface area (Å²) in [7, 11) is -1.17. The first-order valence-electron chi connectivity index (χ1n) is 4.85. The van der Waals surface area contributed by atoms with E-state index in [1.807, 2.05) is 0 Å². The van der Waals surface area contributed by atoms with E-state index in [2.05, 4.69) is 0 Å². The van der Waals surface area contributed by atoms with Crippen molar-refractivity contribution in [2.75, 3.05) is 19.9 Å². The summed E-state index contributed by atoms with van der Waals surface area (Å²) in [5, 5.41) is 0. The molecule has 3 atom stereocenters. The topological polar surface area (TPSA) is 46.5 Å². The fourth-order valence-electron chi connectivity index (χ4n) is 2.13. The van der Waals surface area contributed by atoms with Crippen molar-refractivity contribution in [3.8, 4) is 0 Å². The van der Waals surface area contributed by atoms with E-state index in [9.17, 15) is 9.46 Å². The molecule has 0 amide bonds. The minimum atomic E-state index is -2.86. The number of rotatable bonds is 3. The number of ether oxygens (including phenoxy) is 1. The molecule has 1 aliphatic rings. The van der Waals surface area contributed by atoms with Gasteiger partial charge in [-0.15, -0.1) is 0 Å². The number of hydrogen-bond acceptors (Lipinski definition) is 2. The maximum Gasteiger partial charge on any atom is 0.198 e. The van der Waals surface area contributed by atoms with Crippen molar-refractivity contribution in [1.29, 1.82) is 0 Å². The largest absolute Gasteiger partial charge is 0.381 e. The molecule has 4 heteroatoms. The fourth-order valence-corrected chi connectivity index (χ4v) is 3.42. The summed E-state index contributed by atoms with van der Waals surface area (Å²) < 4.78 is 16.6. The second kappa shape index (κ2) is 4.59. The van der Waals surface area contributed by atoms with Crippen molar-refractivity contribution in [2.24, 2.45) is 5.92 Å². The average Bonchev–Trinajstić information content (AvgIpc) is 2.02. The molecule has 1 saturated carbocycles. The van der Waals surface area contributed by atoms with Gasteiger partial charge >= 0.3 is 0 Å². The molecular formula is C9H19O3P. The van der Waals surface area contributed by atoms with Crippen molar-refractivity contribution >= 4 is 7.37 Å². The van der Waals surface area contributed by atoms with Crippen LogP contribution in [-0.2, 0) is 9.30 Å². The molecule has 1 N–H and O–H groups in total. The van der Waals surface area contributed by atoms with Gasteiger partial charge in [-0.25, -0.2) is 0 Å². The van der Waals surface area contributed by atoms with Crippen molar-refractivity contribution in [3.63, 3.8) is 0 Å². The van der Waals surface area contributed by atoms with Crippen molar-refractivity contribution in [3.05, 3.63) is 0 Å². The highest BCUT2D eigenvalue weighted by atomic mass is 31.2. The van der Waals surface area contributed by atoms with Crippen LogP contribution in [0.2, 0.25) is 0 Å². The lowest BCUT2D eigenvalue weighted by Crippen LogP contribution is -2.29. The van der Waals surface area contributed by atoms with E-state index in [-0.39, 0.29) is 6.10 Å². The molecule has 0 radical (unpaired) electrons. The zero-order valence-corrected chi connectivity index (χ0v) is 9.30. The quantitative estimate of drug-likeness (QED) is 0.719. The standard InChI is InChI=1S/C9H19O3P/c1-12-9-6-4-3-5-8(9)7-13(2,10)11/h8-9H,3-7H2,1-2H3,(H,10,11). The highest BCUT2D eigenvalue weighted by Gasteiger charge is 2.29. The number of methoxy groups -OCH3 is 1. The molecule has 0 bridgehead atoms. The van der Waals surface area contributed by atoms with Gasteiger partial charge in [-0.3, -0.25) is 4.57 Å². The molecule has 0 saturated heterocycles. The average molecular weight is 206 g/mol. The van der Waals surface area contributed by atoms with Crippen LogP contribution < -0.4 is 0 Å². The first kappa shape index (κ1) is 11.2. The fraction of sp³-hybridized carbons (Fsp3) is 1.00. The van der Waals surface area contributed by atoms with Crippen LogP contribution in [0.3, 0.4) is 0 Å². The first-order chi connectivity index (χ1) is 6.03. The van der Waals surface area contributed by atoms with Crippen LogP contribution >= 0.6 is 7.37 Å². The Morgan fingerprint density at radius 1 is 1.46 bits per heavy atom. The van der Waals surface area contributed by atoms with Gasteiger partial charge in [0.1, 0.15) is 0 Å². The molecule has 0 aromatic heterocycles. The zero-order chi connectivity index (χ0) is 9.90. The third-order valence-corrected chi connectivity index (χ3v) is 3.86. The highest BCUT2D eigenvalue weighted by molar-refractivity contribution is 7.57. The van der Waals surface area contributed by atoms with E-state index in [0.29, 0.717) is 12.1 Å². The van der Waals surface area contributed by atoms with Gasteiger partial charge in [0.2, 0.25) is 0 Å². The van der Waals surface area contributed by atoms with Crippen molar-refractivity contribution < 1.29 is 14.2 Å². The molecule has 0 aliphatic heterocycles. The summed E-state index contributed by atoms with van der Waals surface area (Å²) in [6.45, 7) is 1.44. The molecule has 1 aliphatic carbocycles. The van der Waals surface area contributed by atoms with Gasteiger partial charge in [0, 0.05) is 19.9 Å². The molecule has 1 rings (SSSR count). The minimum absolute atomic E-state index is 0.203. The van der Waals surface area contributed by atoms with Crippen LogP contribution in [0.4, 0.5) is 0 Å². The van der Waals surface area contributed by atoms with Gasteiger partial charge in [0.25, 0.3) is 0 Å². The Labute approximate surface area is 79.9 Å². The smallest absolute Gasteiger partial charge is 0.198 e. The van der Waals surface area contributed by atoms with E-state index in [1.54, 1.807) is 7.11 Å². The molecule has 78 valence electrons. The zero-order valence-electron chi connectivity index (χ0n) is 8.40. The lowest BCUT2D eigenvalue weighted by atomic mass is 9.88. The van der Waals surface area contributed by atoms with Gasteiger partial charge in [0.15, 0.2) is 7.37 Å². The van der Waals surface area contributed by atoms with Crippen molar-refractivity contribution in [2.45, 2.75) is 31.8 Å². The molecule has 3 nitrogen and oxygen atoms in total. The summed E-state index contributed by atoms with van der Waals surface area (Å²) in [4.78, 5) is 9.28. The van der Waals surface area contributed by atoms with E-state index < -0.39 is 7.37 Å². The Morgan fingerprint density at radius 2 is 2.08 bits per heavy atom. The van der Waals surface area contributed by atoms with Crippen molar-refractivity contribution in [1.82, 2.24) is 0 Å². The van der Waals surface area contributed by atoms with Gasteiger partial charge in [-0.2, -0.15) is 0 Å². The second-order valence-corrected chi connectivity index (χ2v) is 6.52. The lowest BCUT2D eigenvalue weighted by molar-refractivity contribution is 0.0315. The second-order valence-electron chi connectivity index (χ2n) is 4.05. The van der Waals surface area contributed by atoms with Crippen LogP contribution in [0, 0.1) is 5.92 Å². The normalized spacial score (nSPS) is 34.1. The SMILES string of the molecule is COC1CCCCC1CP(C)(=O)O. The van der Waals surface area contributed by atoms with Gasteiger partial charge in [0.05, 0.1) is 6.10 Å². The molecule has 0 aromatic rings. The molecule has 0 aromatic carbocycles. The molecule has 3 unspecified atom stereocenters.